The standard InChI is InChI=1S/C11H21N3O3S2/c1-8-6-11(7-8,9(12)18)10(15)13-4-3-5-14-19(2,16)17/h8,14H,3-7H2,1-2H3,(H2,12,18)(H,13,15). The van der Waals surface area contributed by atoms with Crippen LogP contribution < -0.4 is 15.8 Å². The molecule has 1 fully saturated rings. The normalized spacial score (nSPS) is 26.5. The lowest BCUT2D eigenvalue weighted by Gasteiger charge is -2.44. The largest absolute Gasteiger partial charge is 0.392 e. The molecule has 0 aromatic heterocycles. The number of nitrogens with two attached hydrogens (primary N) is 1. The van der Waals surface area contributed by atoms with E-state index in [0.29, 0.717) is 38.3 Å². The lowest BCUT2D eigenvalue weighted by atomic mass is 9.62. The van der Waals surface area contributed by atoms with Gasteiger partial charge in [-0.3, -0.25) is 4.79 Å². The molecule has 19 heavy (non-hydrogen) atoms. The Kier molecular flexibility index (Phi) is 5.28. The Morgan fingerprint density at radius 1 is 1.42 bits per heavy atom. The molecule has 1 aliphatic carbocycles. The third kappa shape index (κ3) is 4.39. The maximum absolute atomic E-state index is 12.1. The van der Waals surface area contributed by atoms with Crippen LogP contribution in [0.1, 0.15) is 26.2 Å². The highest BCUT2D eigenvalue weighted by Crippen LogP contribution is 2.45. The Bertz CT molecular complexity index is 456. The van der Waals surface area contributed by atoms with E-state index in [1.54, 1.807) is 0 Å². The SMILES string of the molecule is CC1CC(C(=O)NCCCNS(C)(=O)=O)(C(N)=S)C1. The van der Waals surface area contributed by atoms with Gasteiger partial charge in [0.1, 0.15) is 0 Å². The summed E-state index contributed by atoms with van der Waals surface area (Å²) in [6.07, 6.45) is 3.01. The first kappa shape index (κ1) is 16.3. The molecule has 0 bridgehead atoms. The van der Waals surface area contributed by atoms with E-state index in [-0.39, 0.29) is 10.9 Å². The molecule has 0 atom stereocenters. The third-order valence-corrected chi connectivity index (χ3v) is 4.42. The maximum atomic E-state index is 12.1. The van der Waals surface area contributed by atoms with Crippen LogP contribution in [-0.4, -0.2) is 38.7 Å². The molecule has 1 aliphatic rings. The summed E-state index contributed by atoms with van der Waals surface area (Å²) in [6.45, 7) is 2.76. The zero-order chi connectivity index (χ0) is 14.7. The first-order chi connectivity index (χ1) is 8.67. The van der Waals surface area contributed by atoms with Gasteiger partial charge in [0.05, 0.1) is 16.7 Å². The summed E-state index contributed by atoms with van der Waals surface area (Å²) in [5.41, 5.74) is 4.97. The third-order valence-electron chi connectivity index (χ3n) is 3.30. The number of carbonyl (C=O) groups is 1. The van der Waals surface area contributed by atoms with Gasteiger partial charge in [0.15, 0.2) is 0 Å². The van der Waals surface area contributed by atoms with Gasteiger partial charge in [0.2, 0.25) is 15.9 Å². The lowest BCUT2D eigenvalue weighted by molar-refractivity contribution is -0.132. The number of amides is 1. The number of nitrogens with one attached hydrogen (secondary N) is 2. The molecule has 4 N–H and O–H groups in total. The summed E-state index contributed by atoms with van der Waals surface area (Å²) in [4.78, 5) is 12.3. The quantitative estimate of drug-likeness (QED) is 0.444. The zero-order valence-corrected chi connectivity index (χ0v) is 12.9. The number of thiocarbonyl (C=S) groups is 1. The molecule has 0 radical (unpaired) electrons. The minimum absolute atomic E-state index is 0.141. The predicted octanol–water partition coefficient (Wildman–Crippen LogP) is -0.256. The molecule has 1 rings (SSSR count). The fourth-order valence-corrected chi connectivity index (χ4v) is 3.12. The Labute approximate surface area is 119 Å². The van der Waals surface area contributed by atoms with Crippen molar-refractivity contribution in [2.75, 3.05) is 19.3 Å². The molecular weight excluding hydrogens is 286 g/mol. The molecule has 0 spiro atoms. The summed E-state index contributed by atoms with van der Waals surface area (Å²) >= 11 is 4.99. The van der Waals surface area contributed by atoms with E-state index in [2.05, 4.69) is 17.0 Å². The second-order valence-corrected chi connectivity index (χ2v) is 7.51. The van der Waals surface area contributed by atoms with E-state index in [9.17, 15) is 13.2 Å². The van der Waals surface area contributed by atoms with Gasteiger partial charge in [-0.25, -0.2) is 13.1 Å². The van der Waals surface area contributed by atoms with Crippen LogP contribution in [0.2, 0.25) is 0 Å². The molecule has 0 heterocycles. The molecule has 0 aromatic carbocycles. The molecule has 1 saturated carbocycles. The Hall–Kier alpha value is -0.730. The van der Waals surface area contributed by atoms with Gasteiger partial charge in [0, 0.05) is 13.1 Å². The average Bonchev–Trinajstić information content (AvgIpc) is 2.21. The molecule has 0 aliphatic heterocycles. The Morgan fingerprint density at radius 3 is 2.42 bits per heavy atom. The minimum atomic E-state index is -3.17. The summed E-state index contributed by atoms with van der Waals surface area (Å²) in [6, 6.07) is 0. The van der Waals surface area contributed by atoms with E-state index < -0.39 is 15.4 Å². The van der Waals surface area contributed by atoms with Crippen molar-refractivity contribution in [3.05, 3.63) is 0 Å². The number of hydrogen-bond donors (Lipinski definition) is 3. The molecular formula is C11H21N3O3S2. The van der Waals surface area contributed by atoms with Gasteiger partial charge in [-0.1, -0.05) is 19.1 Å². The number of hydrogen-bond acceptors (Lipinski definition) is 4. The summed E-state index contributed by atoms with van der Waals surface area (Å²) in [5, 5.41) is 2.77. The van der Waals surface area contributed by atoms with Crippen LogP contribution in [-0.2, 0) is 14.8 Å². The fraction of sp³-hybridized carbons (Fsp3) is 0.818. The molecule has 0 unspecified atom stereocenters. The van der Waals surface area contributed by atoms with E-state index in [0.717, 1.165) is 6.26 Å². The summed E-state index contributed by atoms with van der Waals surface area (Å²) in [7, 11) is -3.17. The molecule has 110 valence electrons. The van der Waals surface area contributed by atoms with Gasteiger partial charge >= 0.3 is 0 Å². The molecule has 6 nitrogen and oxygen atoms in total. The van der Waals surface area contributed by atoms with Gasteiger partial charge in [-0.05, 0) is 25.2 Å². The van der Waals surface area contributed by atoms with Gasteiger partial charge in [-0.15, -0.1) is 0 Å². The van der Waals surface area contributed by atoms with Crippen LogP contribution in [0.3, 0.4) is 0 Å². The number of carbonyl (C=O) groups excluding carboxylic acids is 1. The molecule has 0 saturated heterocycles. The Balaban J connectivity index is 2.33. The Morgan fingerprint density at radius 2 is 2.00 bits per heavy atom. The first-order valence-electron chi connectivity index (χ1n) is 6.20. The molecule has 8 heteroatoms. The predicted molar refractivity (Wildman–Crippen MR) is 78.1 cm³/mol. The number of rotatable bonds is 7. The second-order valence-electron chi connectivity index (χ2n) is 5.24. The topological polar surface area (TPSA) is 101 Å². The molecule has 1 amide bonds. The molecule has 0 aromatic rings. The van der Waals surface area contributed by atoms with Crippen molar-refractivity contribution in [2.24, 2.45) is 17.1 Å². The highest BCUT2D eigenvalue weighted by molar-refractivity contribution is 7.88. The van der Waals surface area contributed by atoms with E-state index in [1.165, 1.54) is 0 Å². The second kappa shape index (κ2) is 6.15. The highest BCUT2D eigenvalue weighted by Gasteiger charge is 2.50. The fourth-order valence-electron chi connectivity index (χ4n) is 2.35. The van der Waals surface area contributed by atoms with Crippen LogP contribution in [0.15, 0.2) is 0 Å². The zero-order valence-electron chi connectivity index (χ0n) is 11.2. The summed E-state index contributed by atoms with van der Waals surface area (Å²) < 4.78 is 24.0. The van der Waals surface area contributed by atoms with Crippen LogP contribution in [0.4, 0.5) is 0 Å². The van der Waals surface area contributed by atoms with Gasteiger partial charge in [-0.2, -0.15) is 0 Å². The van der Waals surface area contributed by atoms with Crippen molar-refractivity contribution in [1.82, 2.24) is 10.0 Å². The van der Waals surface area contributed by atoms with Crippen LogP contribution in [0.25, 0.3) is 0 Å². The highest BCUT2D eigenvalue weighted by atomic mass is 32.2. The maximum Gasteiger partial charge on any atom is 0.233 e. The van der Waals surface area contributed by atoms with Gasteiger partial charge < -0.3 is 11.1 Å². The van der Waals surface area contributed by atoms with Crippen molar-refractivity contribution < 1.29 is 13.2 Å². The minimum Gasteiger partial charge on any atom is -0.392 e. The van der Waals surface area contributed by atoms with Crippen LogP contribution >= 0.6 is 12.2 Å². The van der Waals surface area contributed by atoms with Crippen molar-refractivity contribution in [3.63, 3.8) is 0 Å². The van der Waals surface area contributed by atoms with E-state index in [1.807, 2.05) is 0 Å². The van der Waals surface area contributed by atoms with E-state index >= 15 is 0 Å². The van der Waals surface area contributed by atoms with Crippen LogP contribution in [0, 0.1) is 11.3 Å². The van der Waals surface area contributed by atoms with Gasteiger partial charge in [0.25, 0.3) is 0 Å². The van der Waals surface area contributed by atoms with Crippen molar-refractivity contribution in [2.45, 2.75) is 26.2 Å². The van der Waals surface area contributed by atoms with Crippen molar-refractivity contribution in [1.29, 1.82) is 0 Å². The average molecular weight is 307 g/mol. The van der Waals surface area contributed by atoms with Crippen molar-refractivity contribution >= 4 is 33.1 Å². The smallest absolute Gasteiger partial charge is 0.233 e. The summed E-state index contributed by atoms with van der Waals surface area (Å²) in [5.74, 6) is 0.316. The number of sulfonamides is 1. The van der Waals surface area contributed by atoms with Crippen LogP contribution in [0.5, 0.6) is 0 Å². The first-order valence-corrected chi connectivity index (χ1v) is 8.50. The van der Waals surface area contributed by atoms with E-state index in [4.69, 9.17) is 18.0 Å². The monoisotopic (exact) mass is 307 g/mol. The van der Waals surface area contributed by atoms with Crippen molar-refractivity contribution in [3.8, 4) is 0 Å². The lowest BCUT2D eigenvalue weighted by Crippen LogP contribution is -2.56.